The summed E-state index contributed by atoms with van der Waals surface area (Å²) in [5.41, 5.74) is 3.90. The predicted molar refractivity (Wildman–Crippen MR) is 83.8 cm³/mol. The number of anilines is 1. The van der Waals surface area contributed by atoms with E-state index in [2.05, 4.69) is 61.6 Å². The fourth-order valence-corrected chi connectivity index (χ4v) is 1.81. The molecule has 0 atom stereocenters. The van der Waals surface area contributed by atoms with Crippen molar-refractivity contribution in [3.8, 4) is 0 Å². The number of rotatable bonds is 8. The SMILES string of the molecule is CCC(=Cc1ccc(N(C)C)cc1)CNCCOC. The molecular formula is C16H26N2O. The number of hydrogen-bond acceptors (Lipinski definition) is 3. The lowest BCUT2D eigenvalue weighted by molar-refractivity contribution is 0.200. The molecule has 0 bridgehead atoms. The van der Waals surface area contributed by atoms with Crippen molar-refractivity contribution >= 4 is 11.8 Å². The highest BCUT2D eigenvalue weighted by Crippen LogP contribution is 2.15. The highest BCUT2D eigenvalue weighted by molar-refractivity contribution is 5.57. The van der Waals surface area contributed by atoms with Gasteiger partial charge in [-0.3, -0.25) is 0 Å². The summed E-state index contributed by atoms with van der Waals surface area (Å²) in [6.45, 7) is 4.77. The second-order valence-corrected chi connectivity index (χ2v) is 4.81. The Morgan fingerprint density at radius 3 is 2.47 bits per heavy atom. The highest BCUT2D eigenvalue weighted by atomic mass is 16.5. The normalized spacial score (nSPS) is 11.7. The van der Waals surface area contributed by atoms with Crippen molar-refractivity contribution in [3.63, 3.8) is 0 Å². The largest absolute Gasteiger partial charge is 0.383 e. The molecule has 0 aliphatic rings. The maximum atomic E-state index is 5.02. The Labute approximate surface area is 117 Å². The summed E-state index contributed by atoms with van der Waals surface area (Å²) in [6.07, 6.45) is 3.33. The quantitative estimate of drug-likeness (QED) is 0.729. The molecule has 1 aromatic carbocycles. The van der Waals surface area contributed by atoms with Crippen LogP contribution in [0.25, 0.3) is 6.08 Å². The molecule has 0 aliphatic heterocycles. The zero-order chi connectivity index (χ0) is 14.1. The van der Waals surface area contributed by atoms with Gasteiger partial charge in [-0.15, -0.1) is 0 Å². The van der Waals surface area contributed by atoms with E-state index in [1.54, 1.807) is 7.11 Å². The van der Waals surface area contributed by atoms with Gasteiger partial charge in [-0.25, -0.2) is 0 Å². The average molecular weight is 262 g/mol. The van der Waals surface area contributed by atoms with Gasteiger partial charge in [0.1, 0.15) is 0 Å². The molecule has 1 aromatic rings. The molecule has 0 fully saturated rings. The topological polar surface area (TPSA) is 24.5 Å². The van der Waals surface area contributed by atoms with Gasteiger partial charge in [-0.1, -0.05) is 30.7 Å². The van der Waals surface area contributed by atoms with Gasteiger partial charge in [0.2, 0.25) is 0 Å². The smallest absolute Gasteiger partial charge is 0.0587 e. The zero-order valence-corrected chi connectivity index (χ0v) is 12.6. The van der Waals surface area contributed by atoms with Crippen LogP contribution in [0.5, 0.6) is 0 Å². The molecular weight excluding hydrogens is 236 g/mol. The van der Waals surface area contributed by atoms with E-state index < -0.39 is 0 Å². The first kappa shape index (κ1) is 15.7. The average Bonchev–Trinajstić information content (AvgIpc) is 2.42. The molecule has 0 saturated heterocycles. The molecule has 0 amide bonds. The van der Waals surface area contributed by atoms with Crippen molar-refractivity contribution in [1.29, 1.82) is 0 Å². The molecule has 3 nitrogen and oxygen atoms in total. The Kier molecular flexibility index (Phi) is 7.23. The molecule has 0 saturated carbocycles. The second kappa shape index (κ2) is 8.73. The molecule has 0 spiro atoms. The number of methoxy groups -OCH3 is 1. The summed E-state index contributed by atoms with van der Waals surface area (Å²) in [4.78, 5) is 2.11. The van der Waals surface area contributed by atoms with Crippen LogP contribution in [0.2, 0.25) is 0 Å². The zero-order valence-electron chi connectivity index (χ0n) is 12.6. The minimum absolute atomic E-state index is 0.758. The van der Waals surface area contributed by atoms with Crippen LogP contribution in [0, 0.1) is 0 Å². The van der Waals surface area contributed by atoms with Gasteiger partial charge >= 0.3 is 0 Å². The molecule has 106 valence electrons. The van der Waals surface area contributed by atoms with Crippen LogP contribution in [0.4, 0.5) is 5.69 Å². The lowest BCUT2D eigenvalue weighted by Crippen LogP contribution is -2.21. The fourth-order valence-electron chi connectivity index (χ4n) is 1.81. The summed E-state index contributed by atoms with van der Waals surface area (Å²) in [7, 11) is 5.84. The summed E-state index contributed by atoms with van der Waals surface area (Å²) in [5.74, 6) is 0. The molecule has 1 N–H and O–H groups in total. The van der Waals surface area contributed by atoms with Crippen LogP contribution in [0.3, 0.4) is 0 Å². The van der Waals surface area contributed by atoms with E-state index >= 15 is 0 Å². The number of benzene rings is 1. The van der Waals surface area contributed by atoms with Gasteiger partial charge in [-0.05, 0) is 24.1 Å². The monoisotopic (exact) mass is 262 g/mol. The van der Waals surface area contributed by atoms with Crippen molar-refractivity contribution < 1.29 is 4.74 Å². The number of nitrogens with one attached hydrogen (secondary N) is 1. The maximum absolute atomic E-state index is 5.02. The standard InChI is InChI=1S/C16H26N2O/c1-5-14(13-17-10-11-19-4)12-15-6-8-16(9-7-15)18(2)3/h6-9,12,17H,5,10-11,13H2,1-4H3. The van der Waals surface area contributed by atoms with Gasteiger partial charge in [0.25, 0.3) is 0 Å². The lowest BCUT2D eigenvalue weighted by Gasteiger charge is -2.12. The van der Waals surface area contributed by atoms with E-state index in [-0.39, 0.29) is 0 Å². The first-order valence-corrected chi connectivity index (χ1v) is 6.83. The maximum Gasteiger partial charge on any atom is 0.0587 e. The summed E-state index contributed by atoms with van der Waals surface area (Å²) < 4.78 is 5.02. The molecule has 3 heteroatoms. The Bertz CT molecular complexity index is 382. The predicted octanol–water partition coefficient (Wildman–Crippen LogP) is 2.78. The molecule has 0 aromatic heterocycles. The fraction of sp³-hybridized carbons (Fsp3) is 0.500. The molecule has 1 rings (SSSR count). The molecule has 0 heterocycles. The molecule has 0 radical (unpaired) electrons. The highest BCUT2D eigenvalue weighted by Gasteiger charge is 1.97. The van der Waals surface area contributed by atoms with Crippen LogP contribution in [-0.2, 0) is 4.74 Å². The molecule has 0 aliphatic carbocycles. The minimum Gasteiger partial charge on any atom is -0.383 e. The van der Waals surface area contributed by atoms with Crippen LogP contribution in [0.1, 0.15) is 18.9 Å². The van der Waals surface area contributed by atoms with Crippen molar-refractivity contribution in [3.05, 3.63) is 35.4 Å². The van der Waals surface area contributed by atoms with Gasteiger partial charge in [0.15, 0.2) is 0 Å². The Morgan fingerprint density at radius 2 is 1.95 bits per heavy atom. The number of nitrogens with zero attached hydrogens (tertiary/aromatic N) is 1. The summed E-state index contributed by atoms with van der Waals surface area (Å²) in [6, 6.07) is 8.63. The lowest BCUT2D eigenvalue weighted by atomic mass is 10.1. The third-order valence-electron chi connectivity index (χ3n) is 3.07. The van der Waals surface area contributed by atoms with Crippen LogP contribution in [-0.4, -0.2) is 40.9 Å². The van der Waals surface area contributed by atoms with E-state index in [9.17, 15) is 0 Å². The Hall–Kier alpha value is -1.32. The van der Waals surface area contributed by atoms with Crippen molar-refractivity contribution in [2.24, 2.45) is 0 Å². The van der Waals surface area contributed by atoms with Gasteiger partial charge in [0.05, 0.1) is 6.61 Å². The van der Waals surface area contributed by atoms with Crippen LogP contribution < -0.4 is 10.2 Å². The second-order valence-electron chi connectivity index (χ2n) is 4.81. The Balaban J connectivity index is 2.58. The van der Waals surface area contributed by atoms with E-state index in [1.165, 1.54) is 16.8 Å². The van der Waals surface area contributed by atoms with E-state index in [1.807, 2.05) is 0 Å². The number of ether oxygens (including phenoxy) is 1. The summed E-state index contributed by atoms with van der Waals surface area (Å²) >= 11 is 0. The van der Waals surface area contributed by atoms with Crippen LogP contribution >= 0.6 is 0 Å². The van der Waals surface area contributed by atoms with Gasteiger partial charge in [0, 0.05) is 40.0 Å². The first-order valence-electron chi connectivity index (χ1n) is 6.83. The Morgan fingerprint density at radius 1 is 1.26 bits per heavy atom. The summed E-state index contributed by atoms with van der Waals surface area (Å²) in [5, 5.41) is 3.39. The van der Waals surface area contributed by atoms with Crippen LogP contribution in [0.15, 0.2) is 29.8 Å². The van der Waals surface area contributed by atoms with E-state index in [0.717, 1.165) is 26.1 Å². The number of hydrogen-bond donors (Lipinski definition) is 1. The van der Waals surface area contributed by atoms with Crippen molar-refractivity contribution in [2.45, 2.75) is 13.3 Å². The van der Waals surface area contributed by atoms with Crippen molar-refractivity contribution in [2.75, 3.05) is 45.8 Å². The molecule has 19 heavy (non-hydrogen) atoms. The van der Waals surface area contributed by atoms with Crippen molar-refractivity contribution in [1.82, 2.24) is 5.32 Å². The third kappa shape index (κ3) is 5.90. The third-order valence-corrected chi connectivity index (χ3v) is 3.07. The first-order chi connectivity index (χ1) is 9.17. The van der Waals surface area contributed by atoms with E-state index in [0.29, 0.717) is 0 Å². The van der Waals surface area contributed by atoms with Gasteiger partial charge < -0.3 is 15.0 Å². The van der Waals surface area contributed by atoms with Gasteiger partial charge in [-0.2, -0.15) is 0 Å². The minimum atomic E-state index is 0.758. The molecule has 0 unspecified atom stereocenters. The van der Waals surface area contributed by atoms with E-state index in [4.69, 9.17) is 4.74 Å².